The van der Waals surface area contributed by atoms with Crippen molar-refractivity contribution in [1.82, 2.24) is 19.7 Å². The molecule has 1 aliphatic rings. The highest BCUT2D eigenvalue weighted by atomic mass is 35.5. The van der Waals surface area contributed by atoms with Crippen molar-refractivity contribution in [2.45, 2.75) is 66.1 Å². The summed E-state index contributed by atoms with van der Waals surface area (Å²) in [6.45, 7) is 8.00. The fourth-order valence-corrected chi connectivity index (χ4v) is 5.56. The van der Waals surface area contributed by atoms with Crippen LogP contribution in [0.3, 0.4) is 0 Å². The molecule has 2 aromatic heterocycles. The Bertz CT molecular complexity index is 1250. The lowest BCUT2D eigenvalue weighted by Gasteiger charge is -2.40. The summed E-state index contributed by atoms with van der Waals surface area (Å²) in [5.41, 5.74) is -3.64. The molecular weight excluding hydrogens is 560 g/mol. The second kappa shape index (κ2) is 11.1. The molecule has 0 radical (unpaired) electrons. The third-order valence-electron chi connectivity index (χ3n) is 7.26. The first-order valence-electron chi connectivity index (χ1n) is 12.4. The molecule has 2 heterocycles. The fourth-order valence-electron chi connectivity index (χ4n) is 4.99. The monoisotopic (exact) mass is 590 g/mol. The predicted octanol–water partition coefficient (Wildman–Crippen LogP) is 6.43. The molecule has 13 heteroatoms. The van der Waals surface area contributed by atoms with Gasteiger partial charge in [0.25, 0.3) is 5.91 Å². The van der Waals surface area contributed by atoms with Crippen LogP contribution in [0, 0.1) is 16.7 Å². The van der Waals surface area contributed by atoms with Crippen LogP contribution in [0.4, 0.5) is 13.2 Å². The first-order chi connectivity index (χ1) is 17.9. The average molecular weight is 591 g/mol. The molecule has 3 atom stereocenters. The molecule has 0 bridgehead atoms. The van der Waals surface area contributed by atoms with E-state index in [0.717, 1.165) is 15.8 Å². The molecule has 0 saturated heterocycles. The van der Waals surface area contributed by atoms with Crippen molar-refractivity contribution in [3.05, 3.63) is 45.5 Å². The average Bonchev–Trinajstić information content (AvgIpc) is 3.24. The van der Waals surface area contributed by atoms with Gasteiger partial charge in [-0.2, -0.15) is 18.3 Å². The molecular formula is C26H31Cl2F3N4O4. The number of pyridine rings is 1. The number of carbonyl (C=O) groups excluding carboxylic acids is 2. The Labute approximate surface area is 234 Å². The van der Waals surface area contributed by atoms with Gasteiger partial charge in [-0.1, -0.05) is 50.9 Å². The fraction of sp³-hybridized carbons (Fsp3) is 0.577. The molecule has 39 heavy (non-hydrogen) atoms. The van der Waals surface area contributed by atoms with Crippen LogP contribution in [0.5, 0.6) is 0 Å². The van der Waals surface area contributed by atoms with Crippen molar-refractivity contribution in [1.29, 1.82) is 0 Å². The third-order valence-corrected chi connectivity index (χ3v) is 7.83. The number of rotatable bonds is 7. The molecule has 2 aromatic rings. The van der Waals surface area contributed by atoms with E-state index in [2.05, 4.69) is 10.1 Å². The molecule has 3 unspecified atom stereocenters. The summed E-state index contributed by atoms with van der Waals surface area (Å²) in [4.78, 5) is 43.4. The summed E-state index contributed by atoms with van der Waals surface area (Å²) in [5.74, 6) is -3.10. The van der Waals surface area contributed by atoms with Crippen LogP contribution >= 0.6 is 23.2 Å². The predicted molar refractivity (Wildman–Crippen MR) is 139 cm³/mol. The largest absolute Gasteiger partial charge is 0.481 e. The highest BCUT2D eigenvalue weighted by Gasteiger charge is 2.47. The molecule has 1 aliphatic carbocycles. The Balaban J connectivity index is 2.01. The molecule has 0 aliphatic heterocycles. The zero-order valence-electron chi connectivity index (χ0n) is 22.3. The number of alkyl halides is 3. The Morgan fingerprint density at radius 1 is 1.15 bits per heavy atom. The van der Waals surface area contributed by atoms with Crippen LogP contribution in [0.25, 0.3) is 0 Å². The molecule has 214 valence electrons. The first-order valence-corrected chi connectivity index (χ1v) is 13.1. The van der Waals surface area contributed by atoms with Gasteiger partial charge in [0, 0.05) is 18.9 Å². The van der Waals surface area contributed by atoms with E-state index in [1.807, 2.05) is 0 Å². The van der Waals surface area contributed by atoms with Crippen molar-refractivity contribution >= 4 is 40.9 Å². The van der Waals surface area contributed by atoms with Gasteiger partial charge in [0.1, 0.15) is 0 Å². The zero-order chi connectivity index (χ0) is 29.5. The van der Waals surface area contributed by atoms with Gasteiger partial charge >= 0.3 is 12.1 Å². The minimum atomic E-state index is -4.94. The number of halogens is 5. The number of aliphatic carboxylic acids is 1. The van der Waals surface area contributed by atoms with Gasteiger partial charge in [0.05, 0.1) is 45.4 Å². The lowest BCUT2D eigenvalue weighted by Crippen LogP contribution is -2.42. The topological polar surface area (TPSA) is 105 Å². The molecule has 3 rings (SSSR count). The van der Waals surface area contributed by atoms with Gasteiger partial charge in [-0.05, 0) is 37.5 Å². The number of hydrogen-bond acceptors (Lipinski definition) is 5. The van der Waals surface area contributed by atoms with E-state index in [9.17, 15) is 32.7 Å². The van der Waals surface area contributed by atoms with Gasteiger partial charge in [0.15, 0.2) is 11.5 Å². The number of nitrogens with zero attached hydrogens (tertiary/aromatic N) is 4. The summed E-state index contributed by atoms with van der Waals surface area (Å²) >= 11 is 12.2. The summed E-state index contributed by atoms with van der Waals surface area (Å²) in [5, 5.41) is 13.5. The lowest BCUT2D eigenvalue weighted by molar-refractivity contribution is -0.155. The van der Waals surface area contributed by atoms with E-state index < -0.39 is 64.4 Å². The summed E-state index contributed by atoms with van der Waals surface area (Å²) in [7, 11) is 0. The zero-order valence-corrected chi connectivity index (χ0v) is 23.8. The van der Waals surface area contributed by atoms with E-state index in [1.165, 1.54) is 12.4 Å². The van der Waals surface area contributed by atoms with Gasteiger partial charge in [-0.25, -0.2) is 0 Å². The highest BCUT2D eigenvalue weighted by molar-refractivity contribution is 6.39. The minimum Gasteiger partial charge on any atom is -0.481 e. The Hall–Kier alpha value is -2.66. The van der Waals surface area contributed by atoms with Crippen LogP contribution in [-0.4, -0.2) is 55.5 Å². The molecule has 8 nitrogen and oxygen atoms in total. The lowest BCUT2D eigenvalue weighted by atomic mass is 9.67. The van der Waals surface area contributed by atoms with E-state index in [4.69, 9.17) is 23.2 Å². The molecule has 1 amide bonds. The van der Waals surface area contributed by atoms with Crippen molar-refractivity contribution in [3.63, 3.8) is 0 Å². The summed E-state index contributed by atoms with van der Waals surface area (Å²) in [6.07, 6.45) is -1.20. The third kappa shape index (κ3) is 6.57. The van der Waals surface area contributed by atoms with Crippen LogP contribution in [0.1, 0.15) is 86.3 Å². The Morgan fingerprint density at radius 3 is 2.23 bits per heavy atom. The molecule has 0 spiro atoms. The Kier molecular flexibility index (Phi) is 8.77. The molecule has 1 N–H and O–H groups in total. The van der Waals surface area contributed by atoms with Crippen LogP contribution < -0.4 is 0 Å². The van der Waals surface area contributed by atoms with Crippen molar-refractivity contribution in [3.8, 4) is 0 Å². The van der Waals surface area contributed by atoms with E-state index in [0.29, 0.717) is 0 Å². The van der Waals surface area contributed by atoms with E-state index in [-0.39, 0.29) is 41.4 Å². The second-order valence-electron chi connectivity index (χ2n) is 11.5. The molecule has 1 fully saturated rings. The van der Waals surface area contributed by atoms with Crippen molar-refractivity contribution in [2.75, 3.05) is 13.1 Å². The van der Waals surface area contributed by atoms with E-state index in [1.54, 1.807) is 34.6 Å². The maximum Gasteiger partial charge on any atom is 0.433 e. The standard InChI is InChI=1S/C26H31Cl2F3N4O4/c1-14-8-15(6-7-25(14,5)23(38)39)35-21(26(29,30)31)16(9-33-35)22(37)34(13-24(2,3)4)12-19(36)20-17(27)10-32-11-18(20)28/h9-11,14-15H,6-8,12-13H2,1-5H3,(H,38,39). The molecule has 0 aromatic carbocycles. The Morgan fingerprint density at radius 2 is 1.74 bits per heavy atom. The number of ketones is 1. The smallest absolute Gasteiger partial charge is 0.433 e. The number of amides is 1. The highest BCUT2D eigenvalue weighted by Crippen LogP contribution is 2.47. The first kappa shape index (κ1) is 30.9. The number of carbonyl (C=O) groups is 3. The summed E-state index contributed by atoms with van der Waals surface area (Å²) < 4.78 is 44.1. The van der Waals surface area contributed by atoms with Crippen molar-refractivity contribution in [2.24, 2.45) is 16.7 Å². The summed E-state index contributed by atoms with van der Waals surface area (Å²) in [6, 6.07) is -0.752. The number of carboxylic acid groups (broad SMARTS) is 1. The second-order valence-corrected chi connectivity index (χ2v) is 12.3. The van der Waals surface area contributed by atoms with Crippen LogP contribution in [0.2, 0.25) is 10.0 Å². The van der Waals surface area contributed by atoms with Gasteiger partial charge in [-0.3, -0.25) is 24.0 Å². The number of hydrogen-bond donors (Lipinski definition) is 1. The number of aromatic nitrogens is 3. The maximum atomic E-state index is 14.4. The van der Waals surface area contributed by atoms with Gasteiger partial charge < -0.3 is 10.0 Å². The normalized spacial score (nSPS) is 22.0. The minimum absolute atomic E-state index is 0.0424. The number of carboxylic acids is 1. The van der Waals surface area contributed by atoms with E-state index >= 15 is 0 Å². The van der Waals surface area contributed by atoms with Crippen molar-refractivity contribution < 1.29 is 32.7 Å². The molecule has 1 saturated carbocycles. The maximum absolute atomic E-state index is 14.4. The quantitative estimate of drug-likeness (QED) is 0.373. The SMILES string of the molecule is CC1CC(n2ncc(C(=O)N(CC(=O)c3c(Cl)cncc3Cl)CC(C)(C)C)c2C(F)(F)F)CCC1(C)C(=O)O. The van der Waals surface area contributed by atoms with Crippen LogP contribution in [-0.2, 0) is 11.0 Å². The van der Waals surface area contributed by atoms with Gasteiger partial charge in [-0.15, -0.1) is 0 Å². The van der Waals surface area contributed by atoms with Crippen LogP contribution in [0.15, 0.2) is 18.6 Å². The number of Topliss-reactive ketones (excluding diaryl/α,β-unsaturated/α-hetero) is 1. The van der Waals surface area contributed by atoms with Gasteiger partial charge in [0.2, 0.25) is 0 Å².